The van der Waals surface area contributed by atoms with Crippen LogP contribution in [-0.4, -0.2) is 14.6 Å². The molecular formula is C6H7N5. The van der Waals surface area contributed by atoms with Gasteiger partial charge in [0.05, 0.1) is 0 Å². The van der Waals surface area contributed by atoms with Crippen molar-refractivity contribution in [3.63, 3.8) is 0 Å². The van der Waals surface area contributed by atoms with Crippen molar-refractivity contribution in [3.8, 4) is 0 Å². The topological polar surface area (TPSA) is 68.2 Å². The summed E-state index contributed by atoms with van der Waals surface area (Å²) < 4.78 is 1.65. The molecule has 0 aromatic carbocycles. The van der Waals surface area contributed by atoms with Gasteiger partial charge in [-0.2, -0.15) is 4.98 Å². The molecule has 0 saturated heterocycles. The molecule has 2 aromatic heterocycles. The molecule has 0 atom stereocenters. The van der Waals surface area contributed by atoms with Gasteiger partial charge in [0.15, 0.2) is 5.65 Å². The first-order chi connectivity index (χ1) is 5.40. The van der Waals surface area contributed by atoms with E-state index < -0.39 is 0 Å². The lowest BCUT2D eigenvalue weighted by molar-refractivity contribution is 0.958. The molecule has 0 unspecified atom stereocenters. The molecule has 0 spiro atoms. The SMILES string of the molecule is NNc1nc2ccccn2n1. The largest absolute Gasteiger partial charge is 0.291 e. The Bertz CT molecular complexity index is 333. The summed E-state index contributed by atoms with van der Waals surface area (Å²) in [7, 11) is 0. The molecule has 11 heavy (non-hydrogen) atoms. The molecular weight excluding hydrogens is 142 g/mol. The predicted molar refractivity (Wildman–Crippen MR) is 40.8 cm³/mol. The first-order valence-corrected chi connectivity index (χ1v) is 3.18. The van der Waals surface area contributed by atoms with Crippen molar-refractivity contribution < 1.29 is 0 Å². The van der Waals surface area contributed by atoms with Gasteiger partial charge in [0.1, 0.15) is 0 Å². The molecule has 5 nitrogen and oxygen atoms in total. The molecule has 3 N–H and O–H groups in total. The van der Waals surface area contributed by atoms with E-state index in [4.69, 9.17) is 5.84 Å². The Morgan fingerprint density at radius 2 is 2.36 bits per heavy atom. The van der Waals surface area contributed by atoms with Crippen LogP contribution in [0.5, 0.6) is 0 Å². The predicted octanol–water partition coefficient (Wildman–Crippen LogP) is 0.0149. The van der Waals surface area contributed by atoms with Crippen LogP contribution in [0.2, 0.25) is 0 Å². The summed E-state index contributed by atoms with van der Waals surface area (Å²) >= 11 is 0. The van der Waals surface area contributed by atoms with E-state index in [1.165, 1.54) is 0 Å². The number of pyridine rings is 1. The number of hydrazine groups is 1. The molecule has 0 saturated carbocycles. The van der Waals surface area contributed by atoms with E-state index in [1.54, 1.807) is 4.52 Å². The van der Waals surface area contributed by atoms with Crippen LogP contribution < -0.4 is 11.3 Å². The van der Waals surface area contributed by atoms with Crippen molar-refractivity contribution in [3.05, 3.63) is 24.4 Å². The second-order valence-electron chi connectivity index (χ2n) is 2.08. The molecule has 2 rings (SSSR count). The van der Waals surface area contributed by atoms with Gasteiger partial charge in [0.2, 0.25) is 0 Å². The normalized spacial score (nSPS) is 10.3. The molecule has 0 radical (unpaired) electrons. The summed E-state index contributed by atoms with van der Waals surface area (Å²) in [5, 5.41) is 4.00. The first-order valence-electron chi connectivity index (χ1n) is 3.18. The zero-order chi connectivity index (χ0) is 7.68. The van der Waals surface area contributed by atoms with Gasteiger partial charge < -0.3 is 0 Å². The first kappa shape index (κ1) is 6.11. The summed E-state index contributed by atoms with van der Waals surface area (Å²) in [5.41, 5.74) is 3.15. The Kier molecular flexibility index (Phi) is 1.23. The van der Waals surface area contributed by atoms with Gasteiger partial charge in [-0.3, -0.25) is 5.43 Å². The van der Waals surface area contributed by atoms with Crippen molar-refractivity contribution in [1.82, 2.24) is 14.6 Å². The van der Waals surface area contributed by atoms with Crippen LogP contribution >= 0.6 is 0 Å². The summed E-state index contributed by atoms with van der Waals surface area (Å²) in [6, 6.07) is 5.63. The minimum Gasteiger partial charge on any atom is -0.291 e. The lowest BCUT2D eigenvalue weighted by Crippen LogP contribution is -2.08. The number of aromatic nitrogens is 3. The third-order valence-corrected chi connectivity index (χ3v) is 1.37. The van der Waals surface area contributed by atoms with Gasteiger partial charge in [-0.25, -0.2) is 10.4 Å². The van der Waals surface area contributed by atoms with E-state index in [0.29, 0.717) is 5.95 Å². The molecule has 0 amide bonds. The number of nitrogens with two attached hydrogens (primary N) is 1. The van der Waals surface area contributed by atoms with Crippen LogP contribution in [0.25, 0.3) is 5.65 Å². The summed E-state index contributed by atoms with van der Waals surface area (Å²) in [6.45, 7) is 0. The van der Waals surface area contributed by atoms with Crippen LogP contribution in [0.3, 0.4) is 0 Å². The van der Waals surface area contributed by atoms with E-state index in [0.717, 1.165) is 5.65 Å². The lowest BCUT2D eigenvalue weighted by Gasteiger charge is -1.85. The summed E-state index contributed by atoms with van der Waals surface area (Å²) in [4.78, 5) is 4.05. The third-order valence-electron chi connectivity index (χ3n) is 1.37. The number of nitrogen functional groups attached to an aromatic ring is 1. The Balaban J connectivity index is 2.69. The average molecular weight is 149 g/mol. The molecule has 2 heterocycles. The van der Waals surface area contributed by atoms with Gasteiger partial charge in [-0.1, -0.05) is 6.07 Å². The molecule has 0 aliphatic carbocycles. The van der Waals surface area contributed by atoms with Gasteiger partial charge >= 0.3 is 0 Å². The molecule has 0 aliphatic rings. The molecule has 0 aliphatic heterocycles. The number of hydrogen-bond acceptors (Lipinski definition) is 4. The fourth-order valence-corrected chi connectivity index (χ4v) is 0.893. The molecule has 2 aromatic rings. The quantitative estimate of drug-likeness (QED) is 0.443. The fraction of sp³-hybridized carbons (Fsp3) is 0. The minimum absolute atomic E-state index is 0.427. The van der Waals surface area contributed by atoms with E-state index in [9.17, 15) is 0 Å². The van der Waals surface area contributed by atoms with E-state index in [-0.39, 0.29) is 0 Å². The smallest absolute Gasteiger partial charge is 0.257 e. The maximum atomic E-state index is 5.13. The minimum atomic E-state index is 0.427. The van der Waals surface area contributed by atoms with Gasteiger partial charge in [0, 0.05) is 6.20 Å². The number of rotatable bonds is 1. The summed E-state index contributed by atoms with van der Waals surface area (Å²) in [5.74, 6) is 5.55. The number of hydrogen-bond donors (Lipinski definition) is 2. The van der Waals surface area contributed by atoms with Crippen LogP contribution in [0.15, 0.2) is 24.4 Å². The maximum absolute atomic E-state index is 5.13. The number of nitrogens with zero attached hydrogens (tertiary/aromatic N) is 3. The monoisotopic (exact) mass is 149 g/mol. The Labute approximate surface area is 62.8 Å². The standard InChI is InChI=1S/C6H7N5/c7-9-6-8-5-3-1-2-4-11(5)10-6/h1-4H,7H2,(H,9,10). The second-order valence-corrected chi connectivity index (χ2v) is 2.08. The summed E-state index contributed by atoms with van der Waals surface area (Å²) in [6.07, 6.45) is 1.81. The molecule has 5 heteroatoms. The number of fused-ring (bicyclic) bond motifs is 1. The van der Waals surface area contributed by atoms with Crippen molar-refractivity contribution >= 4 is 11.6 Å². The van der Waals surface area contributed by atoms with Crippen molar-refractivity contribution in [2.24, 2.45) is 5.84 Å². The number of nitrogens with one attached hydrogen (secondary N) is 1. The van der Waals surface area contributed by atoms with Gasteiger partial charge in [-0.05, 0) is 12.1 Å². The van der Waals surface area contributed by atoms with Crippen LogP contribution in [0, 0.1) is 0 Å². The lowest BCUT2D eigenvalue weighted by atomic mass is 10.5. The average Bonchev–Trinajstić information content (AvgIpc) is 2.46. The number of anilines is 1. The molecule has 56 valence electrons. The highest BCUT2D eigenvalue weighted by molar-refractivity contribution is 5.42. The zero-order valence-electron chi connectivity index (χ0n) is 5.73. The Morgan fingerprint density at radius 3 is 3.09 bits per heavy atom. The fourth-order valence-electron chi connectivity index (χ4n) is 0.893. The molecule has 0 fully saturated rings. The molecule has 0 bridgehead atoms. The van der Waals surface area contributed by atoms with E-state index in [1.807, 2.05) is 24.4 Å². The third kappa shape index (κ3) is 0.908. The highest BCUT2D eigenvalue weighted by atomic mass is 15.4. The van der Waals surface area contributed by atoms with Crippen LogP contribution in [-0.2, 0) is 0 Å². The zero-order valence-corrected chi connectivity index (χ0v) is 5.73. The van der Waals surface area contributed by atoms with Crippen LogP contribution in [0.4, 0.5) is 5.95 Å². The van der Waals surface area contributed by atoms with Gasteiger partial charge in [0.25, 0.3) is 5.95 Å². The van der Waals surface area contributed by atoms with Gasteiger partial charge in [-0.15, -0.1) is 5.10 Å². The Morgan fingerprint density at radius 1 is 1.45 bits per heavy atom. The highest BCUT2D eigenvalue weighted by Gasteiger charge is 1.97. The van der Waals surface area contributed by atoms with E-state index >= 15 is 0 Å². The van der Waals surface area contributed by atoms with Crippen molar-refractivity contribution in [2.45, 2.75) is 0 Å². The van der Waals surface area contributed by atoms with E-state index in [2.05, 4.69) is 15.5 Å². The van der Waals surface area contributed by atoms with Crippen molar-refractivity contribution in [1.29, 1.82) is 0 Å². The Hall–Kier alpha value is -1.62. The van der Waals surface area contributed by atoms with Crippen LogP contribution in [0.1, 0.15) is 0 Å². The highest BCUT2D eigenvalue weighted by Crippen LogP contribution is 2.01. The second kappa shape index (κ2) is 2.21. The maximum Gasteiger partial charge on any atom is 0.257 e. The van der Waals surface area contributed by atoms with Crippen molar-refractivity contribution in [2.75, 3.05) is 5.43 Å².